The smallest absolute Gasteiger partial charge is 0.156 e. The van der Waals surface area contributed by atoms with Crippen molar-refractivity contribution in [3.8, 4) is 0 Å². The Bertz CT molecular complexity index is 424. The molecule has 2 nitrogen and oxygen atoms in total. The second-order valence-electron chi connectivity index (χ2n) is 7.88. The van der Waals surface area contributed by atoms with Gasteiger partial charge in [0.25, 0.3) is 0 Å². The topological polar surface area (TPSA) is 40.5 Å². The average molecular weight is 417 g/mol. The minimum atomic E-state index is -1.65. The number of rotatable bonds is 17. The van der Waals surface area contributed by atoms with Gasteiger partial charge in [-0.2, -0.15) is 0 Å². The van der Waals surface area contributed by atoms with Gasteiger partial charge >= 0.3 is 0 Å². The molecule has 0 heterocycles. The highest BCUT2D eigenvalue weighted by atomic mass is 35.5. The van der Waals surface area contributed by atoms with Crippen LogP contribution in [0, 0.1) is 0 Å². The molecule has 0 amide bonds. The maximum atomic E-state index is 9.90. The van der Waals surface area contributed by atoms with E-state index in [1.54, 1.807) is 0 Å². The zero-order valence-corrected chi connectivity index (χ0v) is 19.1. The second kappa shape index (κ2) is 17.9. The molecule has 0 saturated heterocycles. The first-order chi connectivity index (χ1) is 12.8. The molecule has 158 valence electrons. The molecule has 1 rings (SSSR count). The van der Waals surface area contributed by atoms with E-state index in [1.165, 1.54) is 76.2 Å². The van der Waals surface area contributed by atoms with E-state index in [-0.39, 0.29) is 25.1 Å². The van der Waals surface area contributed by atoms with E-state index in [0.717, 1.165) is 18.7 Å². The average Bonchev–Trinajstić information content (AvgIpc) is 2.68. The predicted octanol–water partition coefficient (Wildman–Crippen LogP) is 3.81. The van der Waals surface area contributed by atoms with Crippen molar-refractivity contribution in [2.24, 2.45) is 0 Å². The van der Waals surface area contributed by atoms with Crippen LogP contribution in [0.4, 0.5) is 0 Å². The molecule has 27 heavy (non-hydrogen) atoms. The Morgan fingerprint density at radius 3 is 1.56 bits per heavy atom. The van der Waals surface area contributed by atoms with Crippen LogP contribution in [0.3, 0.4) is 0 Å². The summed E-state index contributed by atoms with van der Waals surface area (Å²) in [5, 5.41) is 19.8. The summed E-state index contributed by atoms with van der Waals surface area (Å²) in [7, 11) is -1.65. The molecular weight excluding hydrogens is 375 g/mol. The van der Waals surface area contributed by atoms with E-state index in [9.17, 15) is 10.2 Å². The third-order valence-corrected chi connectivity index (χ3v) is 8.95. The summed E-state index contributed by atoms with van der Waals surface area (Å²) >= 11 is 0. The lowest BCUT2D eigenvalue weighted by atomic mass is 10.1. The van der Waals surface area contributed by atoms with Gasteiger partial charge in [-0.25, -0.2) is 0 Å². The van der Waals surface area contributed by atoms with E-state index < -0.39 is 7.26 Å². The lowest BCUT2D eigenvalue weighted by Gasteiger charge is -2.23. The van der Waals surface area contributed by atoms with E-state index in [2.05, 4.69) is 19.1 Å². The summed E-state index contributed by atoms with van der Waals surface area (Å²) in [4.78, 5) is 0. The van der Waals surface area contributed by atoms with Gasteiger partial charge in [0.1, 0.15) is 0 Å². The molecule has 0 unspecified atom stereocenters. The number of unbranched alkanes of at least 4 members (excludes halogenated alkanes) is 11. The van der Waals surface area contributed by atoms with Gasteiger partial charge < -0.3 is 22.6 Å². The largest absolute Gasteiger partial charge is 1.00 e. The highest BCUT2D eigenvalue weighted by molar-refractivity contribution is 7.74. The van der Waals surface area contributed by atoms with Crippen molar-refractivity contribution in [1.29, 1.82) is 0 Å². The molecule has 4 heteroatoms. The van der Waals surface area contributed by atoms with Crippen molar-refractivity contribution in [3.05, 3.63) is 35.9 Å². The van der Waals surface area contributed by atoms with Gasteiger partial charge in [-0.15, -0.1) is 0 Å². The summed E-state index contributed by atoms with van der Waals surface area (Å²) in [5.74, 6) is 0. The number of halogens is 1. The van der Waals surface area contributed by atoms with E-state index >= 15 is 0 Å². The van der Waals surface area contributed by atoms with Crippen LogP contribution in [0.15, 0.2) is 30.3 Å². The molecule has 0 aromatic heterocycles. The number of aliphatic hydroxyl groups is 2. The van der Waals surface area contributed by atoms with Crippen LogP contribution in [0.2, 0.25) is 0 Å². The maximum absolute atomic E-state index is 9.90. The Morgan fingerprint density at radius 1 is 0.667 bits per heavy atom. The van der Waals surface area contributed by atoms with Crippen LogP contribution in [0.25, 0.3) is 0 Å². The van der Waals surface area contributed by atoms with Crippen LogP contribution < -0.4 is 12.4 Å². The number of hydrogen-bond donors (Lipinski definition) is 2. The van der Waals surface area contributed by atoms with Crippen LogP contribution in [-0.4, -0.2) is 29.1 Å². The van der Waals surface area contributed by atoms with Gasteiger partial charge in [0.15, 0.2) is 12.7 Å². The van der Waals surface area contributed by atoms with Crippen LogP contribution >= 0.6 is 7.26 Å². The van der Waals surface area contributed by atoms with E-state index in [4.69, 9.17) is 0 Å². The van der Waals surface area contributed by atoms with Crippen LogP contribution in [0.1, 0.15) is 89.5 Å². The quantitative estimate of drug-likeness (QED) is 0.299. The minimum Gasteiger partial charge on any atom is -1.00 e. The zero-order chi connectivity index (χ0) is 18.9. The highest BCUT2D eigenvalue weighted by Gasteiger charge is 2.35. The summed E-state index contributed by atoms with van der Waals surface area (Å²) in [5.41, 5.74) is 1.25. The van der Waals surface area contributed by atoms with E-state index in [0.29, 0.717) is 0 Å². The van der Waals surface area contributed by atoms with Crippen molar-refractivity contribution < 1.29 is 22.6 Å². The number of hydrogen-bond acceptors (Lipinski definition) is 2. The maximum Gasteiger partial charge on any atom is 0.156 e. The second-order valence-corrected chi connectivity index (χ2v) is 11.9. The molecule has 0 atom stereocenters. The molecule has 1 aromatic carbocycles. The third-order valence-electron chi connectivity index (χ3n) is 5.45. The highest BCUT2D eigenvalue weighted by Crippen LogP contribution is 2.60. The summed E-state index contributed by atoms with van der Waals surface area (Å²) in [6.45, 7) is 2.27. The fourth-order valence-electron chi connectivity index (χ4n) is 3.62. The predicted molar refractivity (Wildman–Crippen MR) is 117 cm³/mol. The molecule has 0 saturated carbocycles. The summed E-state index contributed by atoms with van der Waals surface area (Å²) < 4.78 is 0. The monoisotopic (exact) mass is 416 g/mol. The van der Waals surface area contributed by atoms with Gasteiger partial charge in [0.05, 0.1) is 19.6 Å². The first kappa shape index (κ1) is 26.9. The van der Waals surface area contributed by atoms with Gasteiger partial charge in [0, 0.05) is 0 Å². The van der Waals surface area contributed by atoms with Crippen molar-refractivity contribution in [3.63, 3.8) is 0 Å². The molecule has 0 aliphatic carbocycles. The summed E-state index contributed by atoms with van der Waals surface area (Å²) in [6, 6.07) is 10.3. The first-order valence-electron chi connectivity index (χ1n) is 10.9. The molecule has 0 aliphatic heterocycles. The zero-order valence-electron chi connectivity index (χ0n) is 17.4. The Balaban J connectivity index is 0.00000676. The van der Waals surface area contributed by atoms with Crippen LogP contribution in [0.5, 0.6) is 0 Å². The normalized spacial score (nSPS) is 11.4. The molecule has 2 N–H and O–H groups in total. The standard InChI is InChI=1S/C23H42O2P.ClH/c1-2-3-4-5-6-7-8-9-10-11-12-16-19-26(21-24,22-25)20-23-17-14-13-15-18-23;/h13-15,17-18,24-25H,2-12,16,19-22H2,1H3;1H/q+1;/p-1. The lowest BCUT2D eigenvalue weighted by molar-refractivity contribution is -0.00000725. The molecule has 0 aliphatic rings. The Kier molecular flexibility index (Phi) is 17.8. The van der Waals surface area contributed by atoms with E-state index in [1.807, 2.05) is 18.2 Å². The van der Waals surface area contributed by atoms with Gasteiger partial charge in [-0.3, -0.25) is 0 Å². The van der Waals surface area contributed by atoms with Crippen LogP contribution in [-0.2, 0) is 6.16 Å². The first-order valence-corrected chi connectivity index (χ1v) is 13.4. The van der Waals surface area contributed by atoms with Gasteiger partial charge in [0.2, 0.25) is 0 Å². The Hall–Kier alpha value is -0.140. The minimum absolute atomic E-state index is 0. The van der Waals surface area contributed by atoms with Crippen molar-refractivity contribution in [2.45, 2.75) is 90.1 Å². The third kappa shape index (κ3) is 12.8. The lowest BCUT2D eigenvalue weighted by Crippen LogP contribution is -3.00. The Morgan fingerprint density at radius 2 is 1.11 bits per heavy atom. The number of benzene rings is 1. The van der Waals surface area contributed by atoms with Crippen molar-refractivity contribution in [1.82, 2.24) is 0 Å². The molecule has 0 radical (unpaired) electrons. The number of aliphatic hydroxyl groups excluding tert-OH is 2. The van der Waals surface area contributed by atoms with Crippen molar-refractivity contribution in [2.75, 3.05) is 18.9 Å². The molecule has 0 spiro atoms. The fraction of sp³-hybridized carbons (Fsp3) is 0.739. The molecule has 1 aromatic rings. The molecule has 0 bridgehead atoms. The summed E-state index contributed by atoms with van der Waals surface area (Å²) in [6.07, 6.45) is 18.5. The Labute approximate surface area is 174 Å². The fourth-order valence-corrected chi connectivity index (χ4v) is 6.23. The molecule has 0 fully saturated rings. The SMILES string of the molecule is CCCCCCCCCCCCCC[P+](CO)(CO)Cc1ccccc1.[Cl-]. The van der Waals surface area contributed by atoms with Gasteiger partial charge in [-0.05, 0) is 18.4 Å². The molecular formula is C23H42ClO2P. The van der Waals surface area contributed by atoms with Crippen molar-refractivity contribution >= 4 is 7.26 Å². The van der Waals surface area contributed by atoms with Gasteiger partial charge in [-0.1, -0.05) is 101 Å².